The van der Waals surface area contributed by atoms with Gasteiger partial charge in [0, 0.05) is 25.9 Å². The number of nitrogens with zero attached hydrogens (tertiary/aromatic N) is 2. The zero-order chi connectivity index (χ0) is 13.0. The smallest absolute Gasteiger partial charge is 0.233 e. The van der Waals surface area contributed by atoms with E-state index < -0.39 is 0 Å². The van der Waals surface area contributed by atoms with Gasteiger partial charge in [-0.3, -0.25) is 9.48 Å². The van der Waals surface area contributed by atoms with E-state index in [1.807, 2.05) is 19.3 Å². The van der Waals surface area contributed by atoms with Gasteiger partial charge in [-0.1, -0.05) is 13.3 Å². The minimum Gasteiger partial charge on any atom is -0.316 e. The van der Waals surface area contributed by atoms with E-state index in [0.717, 1.165) is 38.8 Å². The Kier molecular flexibility index (Phi) is 4.01. The fourth-order valence-electron chi connectivity index (χ4n) is 2.70. The number of carbonyl (C=O) groups is 1. The highest BCUT2D eigenvalue weighted by atomic mass is 16.2. The van der Waals surface area contributed by atoms with Gasteiger partial charge in [-0.2, -0.15) is 5.10 Å². The summed E-state index contributed by atoms with van der Waals surface area (Å²) in [4.78, 5) is 12.5. The number of hydrogen-bond acceptors (Lipinski definition) is 3. The molecule has 1 fully saturated rings. The van der Waals surface area contributed by atoms with Gasteiger partial charge in [0.15, 0.2) is 5.82 Å². The molecule has 1 atom stereocenters. The first-order chi connectivity index (χ1) is 8.66. The first kappa shape index (κ1) is 13.1. The zero-order valence-electron chi connectivity index (χ0n) is 11.2. The van der Waals surface area contributed by atoms with Crippen LogP contribution in [0.2, 0.25) is 0 Å². The third-order valence-electron chi connectivity index (χ3n) is 3.64. The molecule has 100 valence electrons. The highest BCUT2D eigenvalue weighted by Gasteiger charge is 2.38. The van der Waals surface area contributed by atoms with Crippen LogP contribution in [-0.4, -0.2) is 28.8 Å². The van der Waals surface area contributed by atoms with Gasteiger partial charge >= 0.3 is 0 Å². The molecular formula is C13H22N4O. The molecule has 0 saturated carbocycles. The third-order valence-corrected chi connectivity index (χ3v) is 3.64. The van der Waals surface area contributed by atoms with Gasteiger partial charge in [0.2, 0.25) is 5.91 Å². The molecule has 18 heavy (non-hydrogen) atoms. The van der Waals surface area contributed by atoms with Gasteiger partial charge in [0.25, 0.3) is 0 Å². The topological polar surface area (TPSA) is 59.0 Å². The number of anilines is 1. The molecule has 5 heteroatoms. The van der Waals surface area contributed by atoms with Crippen LogP contribution in [0.1, 0.15) is 32.6 Å². The van der Waals surface area contributed by atoms with Gasteiger partial charge in [-0.05, 0) is 25.8 Å². The number of carbonyl (C=O) groups excluding carboxylic acids is 1. The van der Waals surface area contributed by atoms with E-state index in [1.54, 1.807) is 4.68 Å². The number of nitrogens with one attached hydrogen (secondary N) is 2. The fourth-order valence-corrected chi connectivity index (χ4v) is 2.70. The third kappa shape index (κ3) is 2.72. The normalized spacial score (nSPS) is 23.9. The molecule has 1 aliphatic heterocycles. The molecule has 0 aromatic carbocycles. The monoisotopic (exact) mass is 250 g/mol. The Morgan fingerprint density at radius 1 is 1.67 bits per heavy atom. The lowest BCUT2D eigenvalue weighted by Gasteiger charge is -2.35. The Bertz CT molecular complexity index is 401. The van der Waals surface area contributed by atoms with Crippen molar-refractivity contribution >= 4 is 11.7 Å². The zero-order valence-corrected chi connectivity index (χ0v) is 11.2. The van der Waals surface area contributed by atoms with Crippen LogP contribution in [0, 0.1) is 5.41 Å². The summed E-state index contributed by atoms with van der Waals surface area (Å²) in [6, 6.07) is 1.83. The molecule has 0 spiro atoms. The minimum atomic E-state index is -0.259. The highest BCUT2D eigenvalue weighted by molar-refractivity contribution is 5.94. The van der Waals surface area contributed by atoms with Crippen LogP contribution in [0.3, 0.4) is 0 Å². The van der Waals surface area contributed by atoms with E-state index in [4.69, 9.17) is 0 Å². The van der Waals surface area contributed by atoms with Crippen LogP contribution in [0.25, 0.3) is 0 Å². The van der Waals surface area contributed by atoms with E-state index in [0.29, 0.717) is 5.82 Å². The van der Waals surface area contributed by atoms with Crippen molar-refractivity contribution in [3.63, 3.8) is 0 Å². The van der Waals surface area contributed by atoms with Crippen molar-refractivity contribution in [3.05, 3.63) is 12.3 Å². The second-order valence-electron chi connectivity index (χ2n) is 5.14. The van der Waals surface area contributed by atoms with Gasteiger partial charge in [-0.15, -0.1) is 0 Å². The molecule has 1 aromatic heterocycles. The number of rotatable bonds is 4. The van der Waals surface area contributed by atoms with Crippen LogP contribution in [-0.2, 0) is 11.8 Å². The summed E-state index contributed by atoms with van der Waals surface area (Å²) < 4.78 is 1.70. The molecular weight excluding hydrogens is 228 g/mol. The number of hydrogen-bond donors (Lipinski definition) is 2. The van der Waals surface area contributed by atoms with Gasteiger partial charge < -0.3 is 10.6 Å². The quantitative estimate of drug-likeness (QED) is 0.852. The Morgan fingerprint density at radius 2 is 2.50 bits per heavy atom. The maximum atomic E-state index is 12.5. The lowest BCUT2D eigenvalue weighted by molar-refractivity contribution is -0.127. The molecule has 5 nitrogen and oxygen atoms in total. The molecule has 1 aliphatic rings. The SMILES string of the molecule is CCCC1(C(=O)Nc2ccn(C)n2)CCCNC1. The average molecular weight is 250 g/mol. The van der Waals surface area contributed by atoms with Crippen molar-refractivity contribution in [3.8, 4) is 0 Å². The second-order valence-corrected chi connectivity index (χ2v) is 5.14. The maximum absolute atomic E-state index is 12.5. The number of piperidine rings is 1. The second kappa shape index (κ2) is 5.52. The molecule has 1 aromatic rings. The summed E-state index contributed by atoms with van der Waals surface area (Å²) in [7, 11) is 1.85. The van der Waals surface area contributed by atoms with Crippen LogP contribution < -0.4 is 10.6 Å². The standard InChI is InChI=1S/C13H22N4O/c1-3-6-13(7-4-8-14-10-13)12(18)15-11-5-9-17(2)16-11/h5,9,14H,3-4,6-8,10H2,1-2H3,(H,15,16,18). The van der Waals surface area contributed by atoms with Crippen molar-refractivity contribution in [1.29, 1.82) is 0 Å². The van der Waals surface area contributed by atoms with Crippen LogP contribution >= 0.6 is 0 Å². The van der Waals surface area contributed by atoms with Crippen molar-refractivity contribution in [2.75, 3.05) is 18.4 Å². The van der Waals surface area contributed by atoms with E-state index in [2.05, 4.69) is 22.7 Å². The van der Waals surface area contributed by atoms with Crippen molar-refractivity contribution < 1.29 is 4.79 Å². The van der Waals surface area contributed by atoms with Crippen LogP contribution in [0.15, 0.2) is 12.3 Å². The lowest BCUT2D eigenvalue weighted by atomic mass is 9.76. The van der Waals surface area contributed by atoms with E-state index in [1.165, 1.54) is 0 Å². The molecule has 1 amide bonds. The van der Waals surface area contributed by atoms with Gasteiger partial charge in [0.05, 0.1) is 5.41 Å². The van der Waals surface area contributed by atoms with Crippen molar-refractivity contribution in [2.45, 2.75) is 32.6 Å². The van der Waals surface area contributed by atoms with Gasteiger partial charge in [-0.25, -0.2) is 0 Å². The van der Waals surface area contributed by atoms with Crippen molar-refractivity contribution in [2.24, 2.45) is 12.5 Å². The highest BCUT2D eigenvalue weighted by Crippen LogP contribution is 2.32. The Balaban J connectivity index is 2.08. The Hall–Kier alpha value is -1.36. The van der Waals surface area contributed by atoms with E-state index >= 15 is 0 Å². The summed E-state index contributed by atoms with van der Waals surface area (Å²) in [5.41, 5.74) is -0.259. The first-order valence-corrected chi connectivity index (χ1v) is 6.68. The minimum absolute atomic E-state index is 0.107. The lowest BCUT2D eigenvalue weighted by Crippen LogP contribution is -2.48. The predicted molar refractivity (Wildman–Crippen MR) is 71.3 cm³/mol. The summed E-state index contributed by atoms with van der Waals surface area (Å²) in [6.07, 6.45) is 5.82. The Morgan fingerprint density at radius 3 is 3.06 bits per heavy atom. The largest absolute Gasteiger partial charge is 0.316 e. The first-order valence-electron chi connectivity index (χ1n) is 6.68. The number of aryl methyl sites for hydroxylation is 1. The predicted octanol–water partition coefficient (Wildman–Crippen LogP) is 1.53. The molecule has 0 radical (unpaired) electrons. The molecule has 2 heterocycles. The van der Waals surface area contributed by atoms with Crippen LogP contribution in [0.5, 0.6) is 0 Å². The summed E-state index contributed by atoms with van der Waals surface area (Å²) in [5, 5.41) is 10.5. The molecule has 0 bridgehead atoms. The number of aromatic nitrogens is 2. The summed E-state index contributed by atoms with van der Waals surface area (Å²) >= 11 is 0. The van der Waals surface area contributed by atoms with Gasteiger partial charge in [0.1, 0.15) is 0 Å². The maximum Gasteiger partial charge on any atom is 0.233 e. The average Bonchev–Trinajstić information content (AvgIpc) is 2.76. The van der Waals surface area contributed by atoms with Crippen LogP contribution in [0.4, 0.5) is 5.82 Å². The Labute approximate surface area is 108 Å². The van der Waals surface area contributed by atoms with E-state index in [9.17, 15) is 4.79 Å². The fraction of sp³-hybridized carbons (Fsp3) is 0.692. The van der Waals surface area contributed by atoms with E-state index in [-0.39, 0.29) is 11.3 Å². The number of amides is 1. The molecule has 2 N–H and O–H groups in total. The molecule has 1 saturated heterocycles. The molecule has 1 unspecified atom stereocenters. The molecule has 2 rings (SSSR count). The summed E-state index contributed by atoms with van der Waals surface area (Å²) in [6.45, 7) is 3.92. The summed E-state index contributed by atoms with van der Waals surface area (Å²) in [5.74, 6) is 0.749. The molecule has 0 aliphatic carbocycles. The van der Waals surface area contributed by atoms with Crippen molar-refractivity contribution in [1.82, 2.24) is 15.1 Å².